The quantitative estimate of drug-likeness (QED) is 0.745. The Morgan fingerprint density at radius 1 is 1.17 bits per heavy atom. The molecule has 3 aromatic rings. The highest BCUT2D eigenvalue weighted by Crippen LogP contribution is 2.32. The standard InChI is InChI=1S/C22H23N5O2/c1-25-19-8-7-17(11-16(19)12-23-25)24-18-6-4-5-15-13-27(22(29)21(15)18)14-20(28)26-9-2-3-10-26/h4-8,11-12,24H,2-3,9-10,13-14H2,1H3. The molecule has 1 aromatic heterocycles. The van der Waals surface area contributed by atoms with Crippen LogP contribution in [0.3, 0.4) is 0 Å². The van der Waals surface area contributed by atoms with Crippen LogP contribution in [-0.4, -0.2) is 51.0 Å². The molecular weight excluding hydrogens is 366 g/mol. The predicted molar refractivity (Wildman–Crippen MR) is 111 cm³/mol. The monoisotopic (exact) mass is 389 g/mol. The van der Waals surface area contributed by atoms with Crippen molar-refractivity contribution in [2.75, 3.05) is 25.0 Å². The first-order valence-electron chi connectivity index (χ1n) is 9.98. The van der Waals surface area contributed by atoms with Gasteiger partial charge in [-0.05, 0) is 42.7 Å². The number of carbonyl (C=O) groups is 2. The molecule has 2 aromatic carbocycles. The van der Waals surface area contributed by atoms with Gasteiger partial charge in [-0.1, -0.05) is 12.1 Å². The second-order valence-electron chi connectivity index (χ2n) is 7.76. The minimum atomic E-state index is -0.0851. The Hall–Kier alpha value is -3.35. The molecule has 7 nitrogen and oxygen atoms in total. The van der Waals surface area contributed by atoms with E-state index in [0.717, 1.165) is 53.8 Å². The molecule has 0 spiro atoms. The minimum Gasteiger partial charge on any atom is -0.355 e. The Morgan fingerprint density at radius 2 is 2.00 bits per heavy atom. The van der Waals surface area contributed by atoms with Crippen molar-refractivity contribution in [3.05, 3.63) is 53.7 Å². The molecule has 7 heteroatoms. The number of aromatic nitrogens is 2. The van der Waals surface area contributed by atoms with Crippen molar-refractivity contribution < 1.29 is 9.59 Å². The van der Waals surface area contributed by atoms with E-state index in [1.54, 1.807) is 4.90 Å². The number of hydrogen-bond acceptors (Lipinski definition) is 4. The van der Waals surface area contributed by atoms with Gasteiger partial charge in [0, 0.05) is 37.8 Å². The second-order valence-corrected chi connectivity index (χ2v) is 7.76. The fourth-order valence-corrected chi connectivity index (χ4v) is 4.28. The first kappa shape index (κ1) is 17.7. The molecule has 29 heavy (non-hydrogen) atoms. The number of benzene rings is 2. The summed E-state index contributed by atoms with van der Waals surface area (Å²) in [6.07, 6.45) is 3.93. The minimum absolute atomic E-state index is 0.0418. The van der Waals surface area contributed by atoms with Gasteiger partial charge in [0.05, 0.1) is 23.0 Å². The largest absolute Gasteiger partial charge is 0.355 e. The summed E-state index contributed by atoms with van der Waals surface area (Å²) in [5.41, 5.74) is 4.34. The predicted octanol–water partition coefficient (Wildman–Crippen LogP) is 2.90. The lowest BCUT2D eigenvalue weighted by Crippen LogP contribution is -2.39. The normalized spacial score (nSPS) is 16.0. The third-order valence-corrected chi connectivity index (χ3v) is 5.82. The average molecular weight is 389 g/mol. The molecule has 0 unspecified atom stereocenters. The molecule has 148 valence electrons. The number of hydrogen-bond donors (Lipinski definition) is 1. The Morgan fingerprint density at radius 3 is 2.83 bits per heavy atom. The van der Waals surface area contributed by atoms with Gasteiger partial charge < -0.3 is 15.1 Å². The molecule has 0 saturated carbocycles. The van der Waals surface area contributed by atoms with Gasteiger partial charge in [-0.3, -0.25) is 14.3 Å². The maximum atomic E-state index is 13.1. The maximum absolute atomic E-state index is 13.1. The van der Waals surface area contributed by atoms with Gasteiger partial charge in [-0.2, -0.15) is 5.10 Å². The Balaban J connectivity index is 1.38. The van der Waals surface area contributed by atoms with Crippen LogP contribution in [0.1, 0.15) is 28.8 Å². The first-order valence-corrected chi connectivity index (χ1v) is 9.98. The molecule has 3 heterocycles. The van der Waals surface area contributed by atoms with Crippen LogP contribution in [0.5, 0.6) is 0 Å². The molecule has 1 saturated heterocycles. The van der Waals surface area contributed by atoms with Crippen molar-refractivity contribution in [1.82, 2.24) is 19.6 Å². The van der Waals surface area contributed by atoms with E-state index in [4.69, 9.17) is 0 Å². The van der Waals surface area contributed by atoms with Gasteiger partial charge >= 0.3 is 0 Å². The van der Waals surface area contributed by atoms with Crippen LogP contribution >= 0.6 is 0 Å². The Bertz CT molecular complexity index is 1110. The first-order chi connectivity index (χ1) is 14.1. The Labute approximate surface area is 168 Å². The van der Waals surface area contributed by atoms with Crippen LogP contribution in [0.4, 0.5) is 11.4 Å². The molecule has 0 bridgehead atoms. The molecule has 2 aliphatic rings. The van der Waals surface area contributed by atoms with Gasteiger partial charge in [0.25, 0.3) is 5.91 Å². The lowest BCUT2D eigenvalue weighted by molar-refractivity contribution is -0.130. The smallest absolute Gasteiger partial charge is 0.257 e. The number of nitrogens with one attached hydrogen (secondary N) is 1. The summed E-state index contributed by atoms with van der Waals surface area (Å²) in [5, 5.41) is 8.70. The summed E-state index contributed by atoms with van der Waals surface area (Å²) in [5.74, 6) is -0.0432. The molecule has 5 rings (SSSR count). The third kappa shape index (κ3) is 3.12. The summed E-state index contributed by atoms with van der Waals surface area (Å²) in [6.45, 7) is 2.23. The molecule has 0 atom stereocenters. The molecule has 2 amide bonds. The molecule has 0 radical (unpaired) electrons. The summed E-state index contributed by atoms with van der Waals surface area (Å²) >= 11 is 0. The lowest BCUT2D eigenvalue weighted by atomic mass is 10.1. The highest BCUT2D eigenvalue weighted by atomic mass is 16.2. The number of rotatable bonds is 4. The van der Waals surface area contributed by atoms with E-state index in [2.05, 4.69) is 10.4 Å². The van der Waals surface area contributed by atoms with Crippen molar-refractivity contribution in [3.63, 3.8) is 0 Å². The number of anilines is 2. The van der Waals surface area contributed by atoms with Crippen LogP contribution in [0.2, 0.25) is 0 Å². The summed E-state index contributed by atoms with van der Waals surface area (Å²) in [7, 11) is 1.91. The summed E-state index contributed by atoms with van der Waals surface area (Å²) in [6, 6.07) is 11.8. The van der Waals surface area contributed by atoms with Crippen molar-refractivity contribution in [2.24, 2.45) is 7.05 Å². The van der Waals surface area contributed by atoms with Gasteiger partial charge in [0.2, 0.25) is 5.91 Å². The van der Waals surface area contributed by atoms with Crippen LogP contribution in [0.15, 0.2) is 42.6 Å². The fraction of sp³-hybridized carbons (Fsp3) is 0.318. The molecule has 2 aliphatic heterocycles. The van der Waals surface area contributed by atoms with Crippen molar-refractivity contribution in [2.45, 2.75) is 19.4 Å². The van der Waals surface area contributed by atoms with E-state index in [9.17, 15) is 9.59 Å². The zero-order valence-electron chi connectivity index (χ0n) is 16.4. The molecule has 1 N–H and O–H groups in total. The molecule has 0 aliphatic carbocycles. The third-order valence-electron chi connectivity index (χ3n) is 5.82. The van der Waals surface area contributed by atoms with E-state index in [1.807, 2.05) is 59.2 Å². The number of amides is 2. The van der Waals surface area contributed by atoms with Gasteiger partial charge in [0.1, 0.15) is 6.54 Å². The van der Waals surface area contributed by atoms with Crippen molar-refractivity contribution in [1.29, 1.82) is 0 Å². The summed E-state index contributed by atoms with van der Waals surface area (Å²) < 4.78 is 1.83. The molecular formula is C22H23N5O2. The van der Waals surface area contributed by atoms with Gasteiger partial charge in [0.15, 0.2) is 0 Å². The van der Waals surface area contributed by atoms with Crippen LogP contribution in [0.25, 0.3) is 10.9 Å². The van der Waals surface area contributed by atoms with Crippen molar-refractivity contribution in [3.8, 4) is 0 Å². The van der Waals surface area contributed by atoms with Crippen LogP contribution in [-0.2, 0) is 18.4 Å². The number of likely N-dealkylation sites (tertiary alicyclic amines) is 1. The van der Waals surface area contributed by atoms with E-state index < -0.39 is 0 Å². The van der Waals surface area contributed by atoms with Gasteiger partial charge in [-0.15, -0.1) is 0 Å². The van der Waals surface area contributed by atoms with E-state index in [0.29, 0.717) is 12.1 Å². The van der Waals surface area contributed by atoms with E-state index in [1.165, 1.54) is 0 Å². The fourth-order valence-electron chi connectivity index (χ4n) is 4.28. The maximum Gasteiger partial charge on any atom is 0.257 e. The topological polar surface area (TPSA) is 70.5 Å². The second kappa shape index (κ2) is 6.92. The number of aryl methyl sites for hydroxylation is 1. The van der Waals surface area contributed by atoms with Crippen LogP contribution in [0, 0.1) is 0 Å². The highest BCUT2D eigenvalue weighted by Gasteiger charge is 2.32. The molecule has 1 fully saturated rings. The highest BCUT2D eigenvalue weighted by molar-refractivity contribution is 6.05. The van der Waals surface area contributed by atoms with E-state index in [-0.39, 0.29) is 18.4 Å². The van der Waals surface area contributed by atoms with Crippen LogP contribution < -0.4 is 5.32 Å². The number of fused-ring (bicyclic) bond motifs is 2. The van der Waals surface area contributed by atoms with Crippen molar-refractivity contribution >= 4 is 34.1 Å². The average Bonchev–Trinajstić information content (AvgIpc) is 3.43. The SMILES string of the molecule is Cn1ncc2cc(Nc3cccc4c3C(=O)N(CC(=O)N3CCCC3)C4)ccc21. The van der Waals surface area contributed by atoms with Gasteiger partial charge in [-0.25, -0.2) is 0 Å². The lowest BCUT2D eigenvalue weighted by Gasteiger charge is -2.20. The number of nitrogens with zero attached hydrogens (tertiary/aromatic N) is 4. The summed E-state index contributed by atoms with van der Waals surface area (Å²) in [4.78, 5) is 29.1. The zero-order chi connectivity index (χ0) is 20.0. The zero-order valence-corrected chi connectivity index (χ0v) is 16.4. The Kier molecular flexibility index (Phi) is 4.23. The number of carbonyl (C=O) groups excluding carboxylic acids is 2. The van der Waals surface area contributed by atoms with E-state index >= 15 is 0 Å².